The Morgan fingerprint density at radius 3 is 2.76 bits per heavy atom. The van der Waals surface area contributed by atoms with E-state index in [9.17, 15) is 18.0 Å². The van der Waals surface area contributed by atoms with Crippen molar-refractivity contribution < 1.29 is 18.0 Å². The van der Waals surface area contributed by atoms with Gasteiger partial charge in [0.15, 0.2) is 0 Å². The third-order valence-corrected chi connectivity index (χ3v) is 4.09. The summed E-state index contributed by atoms with van der Waals surface area (Å²) in [6.45, 7) is 4.97. The molecule has 0 bridgehead atoms. The molecule has 1 atom stereocenters. The minimum Gasteiger partial charge on any atom is -0.367 e. The van der Waals surface area contributed by atoms with Crippen LogP contribution in [0.5, 0.6) is 0 Å². The Kier molecular flexibility index (Phi) is 4.53. The fourth-order valence-electron chi connectivity index (χ4n) is 2.82. The zero-order valence-electron chi connectivity index (χ0n) is 14.0. The van der Waals surface area contributed by atoms with E-state index >= 15 is 0 Å². The largest absolute Gasteiger partial charge is 0.453 e. The van der Waals surface area contributed by atoms with Gasteiger partial charge in [0.2, 0.25) is 5.91 Å². The second-order valence-corrected chi connectivity index (χ2v) is 6.25. The molecule has 0 aromatic carbocycles. The van der Waals surface area contributed by atoms with E-state index in [-0.39, 0.29) is 17.7 Å². The molecule has 1 amide bonds. The number of carbonyl (C=O) groups is 1. The average Bonchev–Trinajstić information content (AvgIpc) is 3.10. The van der Waals surface area contributed by atoms with Crippen LogP contribution in [0.15, 0.2) is 6.07 Å². The fraction of sp³-hybridized carbons (Fsp3) is 0.600. The molecule has 136 valence electrons. The summed E-state index contributed by atoms with van der Waals surface area (Å²) in [6, 6.07) is 1.57. The third-order valence-electron chi connectivity index (χ3n) is 4.09. The van der Waals surface area contributed by atoms with Crippen molar-refractivity contribution in [1.29, 1.82) is 0 Å². The summed E-state index contributed by atoms with van der Waals surface area (Å²) in [5, 5.41) is 6.66. The quantitative estimate of drug-likeness (QED) is 0.889. The Bertz CT molecular complexity index is 787. The molecule has 1 aliphatic rings. The highest BCUT2D eigenvalue weighted by molar-refractivity contribution is 5.78. The van der Waals surface area contributed by atoms with Crippen LogP contribution in [-0.2, 0) is 11.0 Å². The zero-order valence-corrected chi connectivity index (χ0v) is 14.0. The number of hydrogen-bond acceptors (Lipinski definition) is 5. The Balaban J connectivity index is 1.75. The summed E-state index contributed by atoms with van der Waals surface area (Å²) in [5.41, 5.74) is 0.540. The number of halogens is 3. The molecule has 2 aromatic rings. The minimum absolute atomic E-state index is 0.0584. The second kappa shape index (κ2) is 6.49. The van der Waals surface area contributed by atoms with E-state index in [1.54, 1.807) is 13.0 Å². The van der Waals surface area contributed by atoms with Crippen molar-refractivity contribution >= 4 is 17.5 Å². The molecule has 0 radical (unpaired) electrons. The molecular formula is C15H19F3N6O. The van der Waals surface area contributed by atoms with E-state index in [0.717, 1.165) is 17.5 Å². The smallest absolute Gasteiger partial charge is 0.367 e. The number of hydrogen-bond donors (Lipinski definition) is 1. The molecule has 0 unspecified atom stereocenters. The van der Waals surface area contributed by atoms with E-state index in [0.29, 0.717) is 30.9 Å². The molecule has 3 heterocycles. The van der Waals surface area contributed by atoms with Gasteiger partial charge in [-0.3, -0.25) is 4.79 Å². The maximum Gasteiger partial charge on any atom is 0.453 e. The number of nitrogens with zero attached hydrogens (tertiary/aromatic N) is 5. The summed E-state index contributed by atoms with van der Waals surface area (Å²) >= 11 is 0. The fourth-order valence-corrected chi connectivity index (χ4v) is 2.82. The second-order valence-electron chi connectivity index (χ2n) is 6.25. The van der Waals surface area contributed by atoms with Crippen LogP contribution in [0.3, 0.4) is 0 Å². The number of aromatic nitrogens is 4. The number of alkyl halides is 3. The lowest BCUT2D eigenvalue weighted by Gasteiger charge is -2.20. The van der Waals surface area contributed by atoms with Crippen LogP contribution in [0.2, 0.25) is 0 Å². The Labute approximate surface area is 142 Å². The van der Waals surface area contributed by atoms with E-state index < -0.39 is 12.0 Å². The predicted molar refractivity (Wildman–Crippen MR) is 84.0 cm³/mol. The van der Waals surface area contributed by atoms with Gasteiger partial charge in [-0.1, -0.05) is 0 Å². The molecule has 2 aromatic heterocycles. The monoisotopic (exact) mass is 356 g/mol. The van der Waals surface area contributed by atoms with Crippen LogP contribution in [0, 0.1) is 6.92 Å². The molecule has 1 aliphatic heterocycles. The number of amides is 1. The van der Waals surface area contributed by atoms with Crippen molar-refractivity contribution in [2.75, 3.05) is 18.4 Å². The van der Waals surface area contributed by atoms with Gasteiger partial charge < -0.3 is 10.2 Å². The van der Waals surface area contributed by atoms with Gasteiger partial charge in [0, 0.05) is 37.3 Å². The first kappa shape index (κ1) is 17.4. The lowest BCUT2D eigenvalue weighted by atomic mass is 10.2. The maximum atomic E-state index is 12.8. The standard InChI is InChI=1S/C15H19F3N6O/c1-9(5-7-23-6-3-4-12(23)25)19-11-8-10(2)20-14-21-13(15(16,17)18)22-24(11)14/h8-9,19H,3-7H2,1-2H3/t9-/m0/s1. The van der Waals surface area contributed by atoms with Crippen molar-refractivity contribution in [3.8, 4) is 0 Å². The number of anilines is 1. The van der Waals surface area contributed by atoms with Crippen LogP contribution < -0.4 is 5.32 Å². The number of aryl methyl sites for hydroxylation is 1. The van der Waals surface area contributed by atoms with Crippen LogP contribution in [0.4, 0.5) is 19.0 Å². The minimum atomic E-state index is -4.62. The summed E-state index contributed by atoms with van der Waals surface area (Å²) in [5.74, 6) is -0.771. The van der Waals surface area contributed by atoms with E-state index in [1.807, 2.05) is 11.8 Å². The van der Waals surface area contributed by atoms with Gasteiger partial charge in [0.1, 0.15) is 5.82 Å². The maximum absolute atomic E-state index is 12.8. The molecule has 7 nitrogen and oxygen atoms in total. The predicted octanol–water partition coefficient (Wildman–Crippen LogP) is 2.26. The molecule has 3 rings (SSSR count). The average molecular weight is 356 g/mol. The molecule has 0 spiro atoms. The molecule has 0 aliphatic carbocycles. The van der Waals surface area contributed by atoms with Gasteiger partial charge >= 0.3 is 6.18 Å². The van der Waals surface area contributed by atoms with Crippen molar-refractivity contribution in [2.24, 2.45) is 0 Å². The highest BCUT2D eigenvalue weighted by atomic mass is 19.4. The molecule has 1 N–H and O–H groups in total. The Hall–Kier alpha value is -2.39. The SMILES string of the molecule is Cc1cc(N[C@@H](C)CCN2CCCC2=O)n2nc(C(F)(F)F)nc2n1. The number of nitrogens with one attached hydrogen (secondary N) is 1. The molecule has 10 heteroatoms. The lowest BCUT2D eigenvalue weighted by molar-refractivity contribution is -0.144. The van der Waals surface area contributed by atoms with Crippen LogP contribution >= 0.6 is 0 Å². The van der Waals surface area contributed by atoms with E-state index in [1.165, 1.54) is 0 Å². The number of fused-ring (bicyclic) bond motifs is 1. The van der Waals surface area contributed by atoms with Crippen LogP contribution in [0.1, 0.15) is 37.7 Å². The van der Waals surface area contributed by atoms with Gasteiger partial charge in [0.25, 0.3) is 11.6 Å². The van der Waals surface area contributed by atoms with Crippen molar-refractivity contribution in [1.82, 2.24) is 24.5 Å². The number of rotatable bonds is 5. The normalized spacial score (nSPS) is 16.7. The number of likely N-dealkylation sites (tertiary alicyclic amines) is 1. The van der Waals surface area contributed by atoms with Gasteiger partial charge in [-0.15, -0.1) is 5.10 Å². The van der Waals surface area contributed by atoms with Crippen molar-refractivity contribution in [3.63, 3.8) is 0 Å². The molecule has 1 saturated heterocycles. The van der Waals surface area contributed by atoms with E-state index in [2.05, 4.69) is 20.4 Å². The summed E-state index contributed by atoms with van der Waals surface area (Å²) in [7, 11) is 0. The van der Waals surface area contributed by atoms with Crippen molar-refractivity contribution in [3.05, 3.63) is 17.6 Å². The third kappa shape index (κ3) is 3.83. The first-order valence-corrected chi connectivity index (χ1v) is 8.10. The molecule has 25 heavy (non-hydrogen) atoms. The number of carbonyl (C=O) groups excluding carboxylic acids is 1. The first-order chi connectivity index (χ1) is 11.7. The molecule has 1 fully saturated rings. The topological polar surface area (TPSA) is 75.4 Å². The summed E-state index contributed by atoms with van der Waals surface area (Å²) in [4.78, 5) is 20.9. The highest BCUT2D eigenvalue weighted by Crippen LogP contribution is 2.27. The first-order valence-electron chi connectivity index (χ1n) is 8.10. The lowest BCUT2D eigenvalue weighted by Crippen LogP contribution is -2.30. The summed E-state index contributed by atoms with van der Waals surface area (Å²) < 4.78 is 39.5. The van der Waals surface area contributed by atoms with Gasteiger partial charge in [-0.05, 0) is 26.7 Å². The Morgan fingerprint density at radius 2 is 2.12 bits per heavy atom. The van der Waals surface area contributed by atoms with E-state index in [4.69, 9.17) is 0 Å². The Morgan fingerprint density at radius 1 is 1.36 bits per heavy atom. The molecular weight excluding hydrogens is 337 g/mol. The highest BCUT2D eigenvalue weighted by Gasteiger charge is 2.37. The van der Waals surface area contributed by atoms with Gasteiger partial charge in [-0.2, -0.15) is 22.7 Å². The zero-order chi connectivity index (χ0) is 18.2. The van der Waals surface area contributed by atoms with Crippen LogP contribution in [0.25, 0.3) is 5.78 Å². The van der Waals surface area contributed by atoms with Gasteiger partial charge in [-0.25, -0.2) is 4.98 Å². The van der Waals surface area contributed by atoms with Crippen LogP contribution in [-0.4, -0.2) is 49.5 Å². The molecule has 0 saturated carbocycles. The van der Waals surface area contributed by atoms with Gasteiger partial charge in [0.05, 0.1) is 0 Å². The summed E-state index contributed by atoms with van der Waals surface area (Å²) in [6.07, 6.45) is -2.48. The van der Waals surface area contributed by atoms with Crippen molar-refractivity contribution in [2.45, 2.75) is 45.3 Å².